The molecule has 0 saturated carbocycles. The summed E-state index contributed by atoms with van der Waals surface area (Å²) in [7, 11) is -3.87. The van der Waals surface area contributed by atoms with Crippen molar-refractivity contribution in [3.05, 3.63) is 83.7 Å². The van der Waals surface area contributed by atoms with Crippen LogP contribution in [0.2, 0.25) is 0 Å². The number of hydrogen-bond acceptors (Lipinski definition) is 5. The minimum Gasteiger partial charge on any atom is -0.298 e. The minimum absolute atomic E-state index is 0.0425. The van der Waals surface area contributed by atoms with E-state index < -0.39 is 15.8 Å². The summed E-state index contributed by atoms with van der Waals surface area (Å²) < 4.78 is 41.8. The number of benzene rings is 3. The quantitative estimate of drug-likeness (QED) is 0.466. The van der Waals surface area contributed by atoms with Gasteiger partial charge in [0.15, 0.2) is 5.13 Å². The van der Waals surface area contributed by atoms with Gasteiger partial charge < -0.3 is 0 Å². The molecule has 0 aliphatic heterocycles. The van der Waals surface area contributed by atoms with Crippen molar-refractivity contribution in [1.29, 1.82) is 0 Å². The monoisotopic (exact) mass is 441 g/mol. The number of aryl methyl sites for hydroxylation is 1. The van der Waals surface area contributed by atoms with Crippen LogP contribution in [0.1, 0.15) is 15.9 Å². The first-order valence-electron chi connectivity index (χ1n) is 8.88. The second kappa shape index (κ2) is 7.85. The molecule has 0 unspecified atom stereocenters. The Morgan fingerprint density at radius 1 is 1.03 bits per heavy atom. The third-order valence-corrected chi connectivity index (χ3v) is 6.68. The molecule has 1 amide bonds. The molecule has 152 valence electrons. The highest BCUT2D eigenvalue weighted by molar-refractivity contribution is 7.92. The van der Waals surface area contributed by atoms with Crippen LogP contribution in [0.5, 0.6) is 0 Å². The summed E-state index contributed by atoms with van der Waals surface area (Å²) in [5.41, 5.74) is 1.68. The molecule has 30 heavy (non-hydrogen) atoms. The number of nitrogens with one attached hydrogen (secondary N) is 2. The fraction of sp³-hybridized carbons (Fsp3) is 0.0476. The lowest BCUT2D eigenvalue weighted by Gasteiger charge is -2.10. The zero-order chi connectivity index (χ0) is 21.3. The fourth-order valence-corrected chi connectivity index (χ4v) is 4.79. The van der Waals surface area contributed by atoms with Crippen molar-refractivity contribution in [2.24, 2.45) is 0 Å². The second-order valence-electron chi connectivity index (χ2n) is 6.53. The van der Waals surface area contributed by atoms with E-state index in [0.29, 0.717) is 10.7 Å². The number of sulfonamides is 1. The molecule has 4 aromatic rings. The first-order valence-corrected chi connectivity index (χ1v) is 11.2. The molecular weight excluding hydrogens is 425 g/mol. The number of carbonyl (C=O) groups excluding carboxylic acids is 1. The SMILES string of the molecule is Cc1cc(S(=O)(=O)Nc2ccc(C(=O)Nc3nc4ccccc4s3)cc2)ccc1F. The van der Waals surface area contributed by atoms with Gasteiger partial charge in [0, 0.05) is 11.3 Å². The van der Waals surface area contributed by atoms with Crippen LogP contribution in [0.15, 0.2) is 71.6 Å². The molecule has 0 aliphatic rings. The number of anilines is 2. The van der Waals surface area contributed by atoms with E-state index in [4.69, 9.17) is 0 Å². The lowest BCUT2D eigenvalue weighted by Crippen LogP contribution is -2.14. The van der Waals surface area contributed by atoms with Crippen molar-refractivity contribution in [2.45, 2.75) is 11.8 Å². The van der Waals surface area contributed by atoms with Crippen LogP contribution >= 0.6 is 11.3 Å². The van der Waals surface area contributed by atoms with Crippen LogP contribution in [0.3, 0.4) is 0 Å². The van der Waals surface area contributed by atoms with Crippen molar-refractivity contribution in [2.75, 3.05) is 10.0 Å². The highest BCUT2D eigenvalue weighted by Crippen LogP contribution is 2.26. The van der Waals surface area contributed by atoms with Crippen LogP contribution in [0, 0.1) is 12.7 Å². The molecule has 0 aliphatic carbocycles. The molecule has 0 spiro atoms. The first kappa shape index (κ1) is 20.0. The van der Waals surface area contributed by atoms with Gasteiger partial charge in [-0.1, -0.05) is 23.5 Å². The summed E-state index contributed by atoms with van der Waals surface area (Å²) in [5, 5.41) is 3.23. The molecule has 0 saturated heterocycles. The van der Waals surface area contributed by atoms with Gasteiger partial charge >= 0.3 is 0 Å². The summed E-state index contributed by atoms with van der Waals surface area (Å²) in [4.78, 5) is 16.8. The summed E-state index contributed by atoms with van der Waals surface area (Å²) >= 11 is 1.37. The van der Waals surface area contributed by atoms with E-state index >= 15 is 0 Å². The van der Waals surface area contributed by atoms with Gasteiger partial charge in [-0.15, -0.1) is 0 Å². The predicted molar refractivity (Wildman–Crippen MR) is 116 cm³/mol. The molecule has 0 fully saturated rings. The topological polar surface area (TPSA) is 88.2 Å². The van der Waals surface area contributed by atoms with Gasteiger partial charge in [-0.05, 0) is 67.1 Å². The van der Waals surface area contributed by atoms with Crippen molar-refractivity contribution in [3.8, 4) is 0 Å². The number of nitrogens with zero attached hydrogens (tertiary/aromatic N) is 1. The lowest BCUT2D eigenvalue weighted by atomic mass is 10.2. The van der Waals surface area contributed by atoms with Crippen molar-refractivity contribution in [1.82, 2.24) is 4.98 Å². The van der Waals surface area contributed by atoms with Crippen molar-refractivity contribution >= 4 is 48.3 Å². The number of rotatable bonds is 5. The van der Waals surface area contributed by atoms with E-state index in [1.165, 1.54) is 54.7 Å². The molecule has 9 heteroatoms. The van der Waals surface area contributed by atoms with Crippen LogP contribution < -0.4 is 10.0 Å². The van der Waals surface area contributed by atoms with Gasteiger partial charge in [0.1, 0.15) is 5.82 Å². The van der Waals surface area contributed by atoms with Gasteiger partial charge in [0.25, 0.3) is 15.9 Å². The Labute approximate surface area is 176 Å². The Balaban J connectivity index is 1.47. The van der Waals surface area contributed by atoms with Gasteiger partial charge in [0.05, 0.1) is 15.1 Å². The Hall–Kier alpha value is -3.30. The summed E-state index contributed by atoms with van der Waals surface area (Å²) in [6.45, 7) is 1.49. The number of carbonyl (C=O) groups is 1. The van der Waals surface area contributed by atoms with Crippen LogP contribution in [-0.2, 0) is 10.0 Å². The predicted octanol–water partition coefficient (Wildman–Crippen LogP) is 4.80. The molecule has 4 rings (SSSR count). The van der Waals surface area contributed by atoms with Gasteiger partial charge in [-0.2, -0.15) is 0 Å². The Morgan fingerprint density at radius 3 is 2.47 bits per heavy atom. The molecule has 2 N–H and O–H groups in total. The number of hydrogen-bond donors (Lipinski definition) is 2. The van der Waals surface area contributed by atoms with E-state index in [1.807, 2.05) is 24.3 Å². The largest absolute Gasteiger partial charge is 0.298 e. The molecule has 0 radical (unpaired) electrons. The van der Waals surface area contributed by atoms with E-state index in [2.05, 4.69) is 15.0 Å². The molecule has 0 atom stereocenters. The van der Waals surface area contributed by atoms with Crippen molar-refractivity contribution < 1.29 is 17.6 Å². The molecule has 6 nitrogen and oxygen atoms in total. The van der Waals surface area contributed by atoms with Gasteiger partial charge in [-0.25, -0.2) is 17.8 Å². The Kier molecular flexibility index (Phi) is 5.23. The van der Waals surface area contributed by atoms with Crippen LogP contribution in [0.25, 0.3) is 10.2 Å². The minimum atomic E-state index is -3.87. The summed E-state index contributed by atoms with van der Waals surface area (Å²) in [5.74, 6) is -0.824. The maximum atomic E-state index is 13.4. The van der Waals surface area contributed by atoms with Crippen LogP contribution in [-0.4, -0.2) is 19.3 Å². The number of halogens is 1. The highest BCUT2D eigenvalue weighted by atomic mass is 32.2. The number of aromatic nitrogens is 1. The molecule has 1 aromatic heterocycles. The van der Waals surface area contributed by atoms with E-state index in [0.717, 1.165) is 16.3 Å². The van der Waals surface area contributed by atoms with Gasteiger partial charge in [-0.3, -0.25) is 14.8 Å². The number of thiazole rings is 1. The maximum Gasteiger partial charge on any atom is 0.261 e. The average molecular weight is 442 g/mol. The zero-order valence-electron chi connectivity index (χ0n) is 15.7. The third kappa shape index (κ3) is 4.17. The Bertz CT molecular complexity index is 1320. The number of para-hydroxylation sites is 1. The average Bonchev–Trinajstić information content (AvgIpc) is 3.12. The molecule has 3 aromatic carbocycles. The third-order valence-electron chi connectivity index (χ3n) is 4.35. The van der Waals surface area contributed by atoms with Gasteiger partial charge in [0.2, 0.25) is 0 Å². The molecule has 0 bridgehead atoms. The number of fused-ring (bicyclic) bond motifs is 1. The standard InChI is InChI=1S/C21H16FN3O3S2/c1-13-12-16(10-11-17(13)22)30(27,28)25-15-8-6-14(7-9-15)20(26)24-21-23-18-4-2-3-5-19(18)29-21/h2-12,25H,1H3,(H,23,24,26). The lowest BCUT2D eigenvalue weighted by molar-refractivity contribution is 0.102. The Morgan fingerprint density at radius 2 is 1.77 bits per heavy atom. The smallest absolute Gasteiger partial charge is 0.261 e. The van der Waals surface area contributed by atoms with Crippen molar-refractivity contribution in [3.63, 3.8) is 0 Å². The normalized spacial score (nSPS) is 11.4. The second-order valence-corrected chi connectivity index (χ2v) is 9.25. The van der Waals surface area contributed by atoms with E-state index in [9.17, 15) is 17.6 Å². The highest BCUT2D eigenvalue weighted by Gasteiger charge is 2.16. The maximum absolute atomic E-state index is 13.4. The molecule has 1 heterocycles. The fourth-order valence-electron chi connectivity index (χ4n) is 2.78. The zero-order valence-corrected chi connectivity index (χ0v) is 17.4. The van der Waals surface area contributed by atoms with E-state index in [1.54, 1.807) is 0 Å². The van der Waals surface area contributed by atoms with E-state index in [-0.39, 0.29) is 22.1 Å². The first-order chi connectivity index (χ1) is 14.3. The summed E-state index contributed by atoms with van der Waals surface area (Å²) in [6.07, 6.45) is 0. The van der Waals surface area contributed by atoms with Crippen LogP contribution in [0.4, 0.5) is 15.2 Å². The summed E-state index contributed by atoms with van der Waals surface area (Å²) in [6, 6.07) is 17.1. The number of amides is 1. The molecular formula is C21H16FN3O3S2.